The maximum Gasteiger partial charge on any atom is 0.200 e. The van der Waals surface area contributed by atoms with Gasteiger partial charge in [-0.3, -0.25) is 4.98 Å². The lowest BCUT2D eigenvalue weighted by molar-refractivity contribution is 0.381. The minimum absolute atomic E-state index is 0.118. The molecule has 0 aliphatic carbocycles. The fourth-order valence-electron chi connectivity index (χ4n) is 1.66. The molecule has 106 valence electrons. The van der Waals surface area contributed by atoms with E-state index in [1.54, 1.807) is 19.2 Å². The Morgan fingerprint density at radius 3 is 2.00 bits per heavy atom. The van der Waals surface area contributed by atoms with Crippen molar-refractivity contribution in [1.29, 1.82) is 0 Å². The molecule has 2 rings (SSSR count). The van der Waals surface area contributed by atoms with Crippen molar-refractivity contribution >= 4 is 5.69 Å². The molecule has 0 aliphatic rings. The van der Waals surface area contributed by atoms with E-state index in [0.29, 0.717) is 5.56 Å². The Hall–Kier alpha value is -2.18. The van der Waals surface area contributed by atoms with Crippen molar-refractivity contribution in [2.75, 3.05) is 5.32 Å². The monoisotopic (exact) mass is 288 g/mol. The summed E-state index contributed by atoms with van der Waals surface area (Å²) in [6, 6.07) is 1.67. The second kappa shape index (κ2) is 5.44. The van der Waals surface area contributed by atoms with E-state index in [1.807, 2.05) is 0 Å². The third-order valence-corrected chi connectivity index (χ3v) is 2.61. The van der Waals surface area contributed by atoms with Crippen molar-refractivity contribution in [1.82, 2.24) is 4.98 Å². The molecule has 0 fully saturated rings. The van der Waals surface area contributed by atoms with Crippen LogP contribution in [0.25, 0.3) is 0 Å². The summed E-state index contributed by atoms with van der Waals surface area (Å²) < 4.78 is 65.6. The van der Waals surface area contributed by atoms with Gasteiger partial charge in [0.15, 0.2) is 23.3 Å². The molecule has 0 radical (unpaired) electrons. The standard InChI is InChI=1S/C13H9F5N2/c1-6-2-7(4-19-3-6)5-20-13-11(17)9(15)8(14)10(16)12(13)18/h2-4,20H,5H2,1H3. The molecule has 0 saturated carbocycles. The SMILES string of the molecule is Cc1cncc(CNc2c(F)c(F)c(F)c(F)c2F)c1. The van der Waals surface area contributed by atoms with Gasteiger partial charge in [0.1, 0.15) is 5.69 Å². The molecule has 2 nitrogen and oxygen atoms in total. The lowest BCUT2D eigenvalue weighted by Gasteiger charge is -2.11. The smallest absolute Gasteiger partial charge is 0.200 e. The van der Waals surface area contributed by atoms with Crippen molar-refractivity contribution in [3.05, 3.63) is 58.7 Å². The molecule has 0 spiro atoms. The third-order valence-electron chi connectivity index (χ3n) is 2.61. The topological polar surface area (TPSA) is 24.9 Å². The number of hydrogen-bond acceptors (Lipinski definition) is 2. The number of aryl methyl sites for hydroxylation is 1. The van der Waals surface area contributed by atoms with Gasteiger partial charge in [-0.15, -0.1) is 0 Å². The van der Waals surface area contributed by atoms with Crippen LogP contribution in [0.3, 0.4) is 0 Å². The van der Waals surface area contributed by atoms with E-state index in [9.17, 15) is 22.0 Å². The van der Waals surface area contributed by atoms with Gasteiger partial charge in [0.05, 0.1) is 0 Å². The molecule has 1 aromatic carbocycles. The van der Waals surface area contributed by atoms with E-state index in [-0.39, 0.29) is 6.54 Å². The molecule has 0 aliphatic heterocycles. The maximum absolute atomic E-state index is 13.4. The lowest BCUT2D eigenvalue weighted by atomic mass is 10.2. The molecule has 0 atom stereocenters. The number of benzene rings is 1. The first-order chi connectivity index (χ1) is 9.41. The van der Waals surface area contributed by atoms with Crippen LogP contribution in [0.15, 0.2) is 18.5 Å². The van der Waals surface area contributed by atoms with Crippen LogP contribution in [-0.4, -0.2) is 4.98 Å². The van der Waals surface area contributed by atoms with Gasteiger partial charge in [-0.05, 0) is 18.1 Å². The number of pyridine rings is 1. The molecule has 1 aromatic heterocycles. The number of hydrogen-bond donors (Lipinski definition) is 1. The number of aromatic nitrogens is 1. The van der Waals surface area contributed by atoms with Gasteiger partial charge in [0.25, 0.3) is 0 Å². The summed E-state index contributed by atoms with van der Waals surface area (Å²) in [4.78, 5) is 3.85. The Bertz CT molecular complexity index is 628. The second-order valence-electron chi connectivity index (χ2n) is 4.17. The van der Waals surface area contributed by atoms with Crippen LogP contribution >= 0.6 is 0 Å². The average Bonchev–Trinajstić information content (AvgIpc) is 2.43. The first-order valence-electron chi connectivity index (χ1n) is 5.57. The molecule has 0 bridgehead atoms. The van der Waals surface area contributed by atoms with Crippen LogP contribution in [0.5, 0.6) is 0 Å². The van der Waals surface area contributed by atoms with Gasteiger partial charge < -0.3 is 5.32 Å². The van der Waals surface area contributed by atoms with Crippen LogP contribution in [0, 0.1) is 36.0 Å². The Labute approximate surface area is 111 Å². The normalized spacial score (nSPS) is 10.7. The summed E-state index contributed by atoms with van der Waals surface area (Å²) in [7, 11) is 0. The van der Waals surface area contributed by atoms with Crippen molar-refractivity contribution in [3.8, 4) is 0 Å². The van der Waals surface area contributed by atoms with Crippen LogP contribution in [-0.2, 0) is 6.54 Å². The van der Waals surface area contributed by atoms with E-state index in [1.165, 1.54) is 6.20 Å². The quantitative estimate of drug-likeness (QED) is 0.529. The third kappa shape index (κ3) is 2.56. The fourth-order valence-corrected chi connectivity index (χ4v) is 1.66. The highest BCUT2D eigenvalue weighted by molar-refractivity contribution is 5.48. The van der Waals surface area contributed by atoms with Gasteiger partial charge in [0, 0.05) is 18.9 Å². The van der Waals surface area contributed by atoms with Crippen molar-refractivity contribution in [2.45, 2.75) is 13.5 Å². The largest absolute Gasteiger partial charge is 0.376 e. The number of nitrogens with zero attached hydrogens (tertiary/aromatic N) is 1. The second-order valence-corrected chi connectivity index (χ2v) is 4.17. The molecule has 0 amide bonds. The number of rotatable bonds is 3. The summed E-state index contributed by atoms with van der Waals surface area (Å²) in [5.41, 5.74) is 0.304. The summed E-state index contributed by atoms with van der Waals surface area (Å²) in [5.74, 6) is -9.91. The minimum Gasteiger partial charge on any atom is -0.376 e. The highest BCUT2D eigenvalue weighted by atomic mass is 19.2. The van der Waals surface area contributed by atoms with Crippen LogP contribution in [0.1, 0.15) is 11.1 Å². The molecule has 0 unspecified atom stereocenters. The number of anilines is 1. The first kappa shape index (κ1) is 14.2. The highest BCUT2D eigenvalue weighted by Crippen LogP contribution is 2.27. The van der Waals surface area contributed by atoms with E-state index in [2.05, 4.69) is 10.3 Å². The Morgan fingerprint density at radius 2 is 1.45 bits per heavy atom. The van der Waals surface area contributed by atoms with Crippen LogP contribution in [0.4, 0.5) is 27.6 Å². The molecule has 1 heterocycles. The number of halogens is 5. The Kier molecular flexibility index (Phi) is 3.87. The van der Waals surface area contributed by atoms with Gasteiger partial charge in [0.2, 0.25) is 5.82 Å². The summed E-state index contributed by atoms with van der Waals surface area (Å²) >= 11 is 0. The summed E-state index contributed by atoms with van der Waals surface area (Å²) in [6.45, 7) is 1.64. The first-order valence-corrected chi connectivity index (χ1v) is 5.57. The van der Waals surface area contributed by atoms with E-state index in [0.717, 1.165) is 5.56 Å². The van der Waals surface area contributed by atoms with E-state index >= 15 is 0 Å². The minimum atomic E-state index is -2.18. The molecule has 20 heavy (non-hydrogen) atoms. The van der Waals surface area contributed by atoms with Gasteiger partial charge in [-0.25, -0.2) is 22.0 Å². The molecule has 2 aromatic rings. The molecule has 1 N–H and O–H groups in total. The number of nitrogens with one attached hydrogen (secondary N) is 1. The van der Waals surface area contributed by atoms with Crippen LogP contribution in [0.2, 0.25) is 0 Å². The van der Waals surface area contributed by atoms with E-state index < -0.39 is 34.8 Å². The summed E-state index contributed by atoms with van der Waals surface area (Å²) in [5, 5.41) is 2.20. The van der Waals surface area contributed by atoms with Crippen molar-refractivity contribution in [3.63, 3.8) is 0 Å². The summed E-state index contributed by atoms with van der Waals surface area (Å²) in [6.07, 6.45) is 2.99. The molecule has 0 saturated heterocycles. The zero-order chi connectivity index (χ0) is 14.9. The fraction of sp³-hybridized carbons (Fsp3) is 0.154. The van der Waals surface area contributed by atoms with Gasteiger partial charge in [-0.2, -0.15) is 0 Å². The molecule has 7 heteroatoms. The predicted molar refractivity (Wildman–Crippen MR) is 62.5 cm³/mol. The van der Waals surface area contributed by atoms with Gasteiger partial charge >= 0.3 is 0 Å². The van der Waals surface area contributed by atoms with Gasteiger partial charge in [-0.1, -0.05) is 6.07 Å². The van der Waals surface area contributed by atoms with Crippen LogP contribution < -0.4 is 5.32 Å². The van der Waals surface area contributed by atoms with Crippen molar-refractivity contribution in [2.24, 2.45) is 0 Å². The lowest BCUT2D eigenvalue weighted by Crippen LogP contribution is -2.10. The zero-order valence-electron chi connectivity index (χ0n) is 10.3. The Morgan fingerprint density at radius 1 is 0.900 bits per heavy atom. The maximum atomic E-state index is 13.4. The zero-order valence-corrected chi connectivity index (χ0v) is 10.3. The highest BCUT2D eigenvalue weighted by Gasteiger charge is 2.25. The van der Waals surface area contributed by atoms with Crippen molar-refractivity contribution < 1.29 is 22.0 Å². The van der Waals surface area contributed by atoms with E-state index in [4.69, 9.17) is 0 Å². The predicted octanol–water partition coefficient (Wildman–Crippen LogP) is 3.70. The Balaban J connectivity index is 2.30. The molecular formula is C13H9F5N2. The molecular weight excluding hydrogens is 279 g/mol. The average molecular weight is 288 g/mol.